The number of aromatic nitrogens is 1. The summed E-state index contributed by atoms with van der Waals surface area (Å²) >= 11 is 0. The monoisotopic (exact) mass is 325 g/mol. The molecule has 0 radical (unpaired) electrons. The van der Waals surface area contributed by atoms with Crippen LogP contribution in [0.2, 0.25) is 0 Å². The lowest BCUT2D eigenvalue weighted by Crippen LogP contribution is -2.34. The van der Waals surface area contributed by atoms with Gasteiger partial charge in [0.25, 0.3) is 0 Å². The number of benzene rings is 1. The number of pyridine rings is 1. The molecule has 0 aliphatic carbocycles. The van der Waals surface area contributed by atoms with Gasteiger partial charge in [0.15, 0.2) is 0 Å². The van der Waals surface area contributed by atoms with Crippen molar-refractivity contribution in [2.24, 2.45) is 0 Å². The Hall–Kier alpha value is -2.69. The molecule has 2 rings (SSSR count). The van der Waals surface area contributed by atoms with Crippen molar-refractivity contribution in [3.63, 3.8) is 0 Å². The van der Waals surface area contributed by atoms with Crippen LogP contribution in [0.1, 0.15) is 31.5 Å². The molecule has 0 saturated heterocycles. The molecule has 0 aliphatic heterocycles. The summed E-state index contributed by atoms with van der Waals surface area (Å²) in [5.74, 6) is -0.158. The number of para-hydroxylation sites is 1. The molecule has 5 nitrogen and oxygen atoms in total. The molecule has 0 fully saturated rings. The third-order valence-corrected chi connectivity index (χ3v) is 3.80. The highest BCUT2D eigenvalue weighted by molar-refractivity contribution is 5.93. The third-order valence-electron chi connectivity index (χ3n) is 3.80. The van der Waals surface area contributed by atoms with Gasteiger partial charge in [-0.2, -0.15) is 0 Å². The molecule has 0 unspecified atom stereocenters. The SMILES string of the molecule is CCc1ccccc1N(CCC(=O)NCc1ccccn1)C(C)=O. The van der Waals surface area contributed by atoms with Gasteiger partial charge in [-0.15, -0.1) is 0 Å². The molecule has 0 saturated carbocycles. The zero-order valence-corrected chi connectivity index (χ0v) is 14.2. The third kappa shape index (κ3) is 4.91. The van der Waals surface area contributed by atoms with E-state index in [2.05, 4.69) is 17.2 Å². The highest BCUT2D eigenvalue weighted by Gasteiger charge is 2.15. The zero-order valence-electron chi connectivity index (χ0n) is 14.2. The number of rotatable bonds is 7. The predicted molar refractivity (Wildman–Crippen MR) is 94.5 cm³/mol. The van der Waals surface area contributed by atoms with Crippen LogP contribution in [0.4, 0.5) is 5.69 Å². The van der Waals surface area contributed by atoms with Gasteiger partial charge in [0.1, 0.15) is 0 Å². The summed E-state index contributed by atoms with van der Waals surface area (Å²) in [7, 11) is 0. The number of carbonyl (C=O) groups excluding carboxylic acids is 2. The minimum atomic E-state index is -0.0964. The van der Waals surface area contributed by atoms with E-state index in [4.69, 9.17) is 0 Å². The molecule has 0 spiro atoms. The second-order valence-corrected chi connectivity index (χ2v) is 5.50. The minimum absolute atomic E-state index is 0.0616. The topological polar surface area (TPSA) is 62.3 Å². The number of anilines is 1. The number of hydrogen-bond donors (Lipinski definition) is 1. The smallest absolute Gasteiger partial charge is 0.223 e. The van der Waals surface area contributed by atoms with Crippen molar-refractivity contribution in [1.82, 2.24) is 10.3 Å². The second-order valence-electron chi connectivity index (χ2n) is 5.50. The molecule has 1 heterocycles. The molecular weight excluding hydrogens is 302 g/mol. The average molecular weight is 325 g/mol. The Labute approximate surface area is 142 Å². The van der Waals surface area contributed by atoms with Crippen molar-refractivity contribution in [3.8, 4) is 0 Å². The number of nitrogens with zero attached hydrogens (tertiary/aromatic N) is 2. The molecule has 0 atom stereocenters. The van der Waals surface area contributed by atoms with E-state index in [1.54, 1.807) is 11.1 Å². The number of nitrogens with one attached hydrogen (secondary N) is 1. The van der Waals surface area contributed by atoms with Crippen LogP contribution in [-0.4, -0.2) is 23.3 Å². The fraction of sp³-hybridized carbons (Fsp3) is 0.316. The lowest BCUT2D eigenvalue weighted by atomic mass is 10.1. The van der Waals surface area contributed by atoms with Crippen molar-refractivity contribution in [1.29, 1.82) is 0 Å². The van der Waals surface area contributed by atoms with Crippen LogP contribution in [0.25, 0.3) is 0 Å². The van der Waals surface area contributed by atoms with Gasteiger partial charge in [-0.25, -0.2) is 0 Å². The van der Waals surface area contributed by atoms with Crippen LogP contribution in [0, 0.1) is 0 Å². The maximum absolute atomic E-state index is 12.1. The van der Waals surface area contributed by atoms with E-state index >= 15 is 0 Å². The van der Waals surface area contributed by atoms with Gasteiger partial charge in [-0.05, 0) is 30.2 Å². The first-order valence-electron chi connectivity index (χ1n) is 8.14. The first-order chi connectivity index (χ1) is 11.6. The lowest BCUT2D eigenvalue weighted by molar-refractivity contribution is -0.121. The normalized spacial score (nSPS) is 10.2. The molecule has 0 aliphatic rings. The molecule has 5 heteroatoms. The van der Waals surface area contributed by atoms with E-state index in [1.807, 2.05) is 42.5 Å². The maximum Gasteiger partial charge on any atom is 0.223 e. The number of aryl methyl sites for hydroxylation is 1. The molecule has 2 amide bonds. The molecule has 0 bridgehead atoms. The molecule has 2 aromatic rings. The summed E-state index contributed by atoms with van der Waals surface area (Å²) in [6.07, 6.45) is 2.79. The van der Waals surface area contributed by atoms with Crippen LogP contribution < -0.4 is 10.2 Å². The van der Waals surface area contributed by atoms with Gasteiger partial charge >= 0.3 is 0 Å². The van der Waals surface area contributed by atoms with Gasteiger partial charge in [0.2, 0.25) is 11.8 Å². The maximum atomic E-state index is 12.1. The molecule has 1 aromatic heterocycles. The van der Waals surface area contributed by atoms with E-state index in [0.717, 1.165) is 23.4 Å². The van der Waals surface area contributed by atoms with Crippen molar-refractivity contribution in [3.05, 3.63) is 59.9 Å². The van der Waals surface area contributed by atoms with Gasteiger partial charge in [-0.3, -0.25) is 14.6 Å². The highest BCUT2D eigenvalue weighted by atomic mass is 16.2. The van der Waals surface area contributed by atoms with Crippen LogP contribution in [0.15, 0.2) is 48.7 Å². The van der Waals surface area contributed by atoms with E-state index in [9.17, 15) is 9.59 Å². The molecular formula is C19H23N3O2. The second kappa shape index (κ2) is 8.82. The van der Waals surface area contributed by atoms with E-state index in [-0.39, 0.29) is 18.2 Å². The predicted octanol–water partition coefficient (Wildman–Crippen LogP) is 2.70. The largest absolute Gasteiger partial charge is 0.350 e. The van der Waals surface area contributed by atoms with Crippen LogP contribution >= 0.6 is 0 Å². The first kappa shape index (κ1) is 17.7. The van der Waals surface area contributed by atoms with Crippen LogP contribution in [-0.2, 0) is 22.6 Å². The Morgan fingerprint density at radius 2 is 1.88 bits per heavy atom. The summed E-state index contributed by atoms with van der Waals surface area (Å²) in [5, 5.41) is 2.83. The highest BCUT2D eigenvalue weighted by Crippen LogP contribution is 2.21. The van der Waals surface area contributed by atoms with Gasteiger partial charge in [0.05, 0.1) is 12.2 Å². The number of carbonyl (C=O) groups is 2. The summed E-state index contributed by atoms with van der Waals surface area (Å²) in [6, 6.07) is 13.4. The van der Waals surface area contributed by atoms with E-state index < -0.39 is 0 Å². The fourth-order valence-electron chi connectivity index (χ4n) is 2.51. The fourth-order valence-corrected chi connectivity index (χ4v) is 2.51. The Morgan fingerprint density at radius 3 is 2.54 bits per heavy atom. The summed E-state index contributed by atoms with van der Waals surface area (Å²) in [6.45, 7) is 4.33. The van der Waals surface area contributed by atoms with E-state index in [0.29, 0.717) is 13.1 Å². The average Bonchev–Trinajstić information content (AvgIpc) is 2.61. The Bertz CT molecular complexity index is 686. The number of hydrogen-bond acceptors (Lipinski definition) is 3. The molecule has 24 heavy (non-hydrogen) atoms. The van der Waals surface area contributed by atoms with Crippen molar-refractivity contribution >= 4 is 17.5 Å². The van der Waals surface area contributed by atoms with E-state index in [1.165, 1.54) is 6.92 Å². The van der Waals surface area contributed by atoms with Gasteiger partial charge in [0, 0.05) is 31.8 Å². The Balaban J connectivity index is 1.94. The summed E-state index contributed by atoms with van der Waals surface area (Å²) in [4.78, 5) is 29.9. The summed E-state index contributed by atoms with van der Waals surface area (Å²) < 4.78 is 0. The van der Waals surface area contributed by atoms with Crippen molar-refractivity contribution < 1.29 is 9.59 Å². The van der Waals surface area contributed by atoms with Crippen molar-refractivity contribution in [2.75, 3.05) is 11.4 Å². The zero-order chi connectivity index (χ0) is 17.4. The van der Waals surface area contributed by atoms with Crippen LogP contribution in [0.5, 0.6) is 0 Å². The Kier molecular flexibility index (Phi) is 6.49. The van der Waals surface area contributed by atoms with Crippen LogP contribution in [0.3, 0.4) is 0 Å². The summed E-state index contributed by atoms with van der Waals surface area (Å²) in [5.41, 5.74) is 2.79. The van der Waals surface area contributed by atoms with Gasteiger partial charge < -0.3 is 10.2 Å². The standard InChI is InChI=1S/C19H23N3O2/c1-3-16-8-4-5-10-18(16)22(15(2)23)13-11-19(24)21-14-17-9-6-7-12-20-17/h4-10,12H,3,11,13-14H2,1-2H3,(H,21,24). The minimum Gasteiger partial charge on any atom is -0.350 e. The van der Waals surface area contributed by atoms with Crippen molar-refractivity contribution in [2.45, 2.75) is 33.2 Å². The quantitative estimate of drug-likeness (QED) is 0.851. The Morgan fingerprint density at radius 1 is 1.12 bits per heavy atom. The molecule has 126 valence electrons. The lowest BCUT2D eigenvalue weighted by Gasteiger charge is -2.23. The first-order valence-corrected chi connectivity index (χ1v) is 8.14. The molecule has 1 N–H and O–H groups in total. The molecule has 1 aromatic carbocycles. The number of amides is 2. The van der Waals surface area contributed by atoms with Gasteiger partial charge in [-0.1, -0.05) is 31.2 Å².